The number of aryl methyl sites for hydroxylation is 1. The van der Waals surface area contributed by atoms with Crippen molar-refractivity contribution in [3.63, 3.8) is 0 Å². The highest BCUT2D eigenvalue weighted by molar-refractivity contribution is 5.22. The molecule has 2 nitrogen and oxygen atoms in total. The average Bonchev–Trinajstić information content (AvgIpc) is 2.90. The Morgan fingerprint density at radius 2 is 2.00 bits per heavy atom. The van der Waals surface area contributed by atoms with E-state index in [-0.39, 0.29) is 0 Å². The topological polar surface area (TPSA) is 21.3 Å². The van der Waals surface area contributed by atoms with Crippen molar-refractivity contribution in [1.29, 1.82) is 0 Å². The van der Waals surface area contributed by atoms with Crippen molar-refractivity contribution < 1.29 is 4.74 Å². The Kier molecular flexibility index (Phi) is 4.57. The van der Waals surface area contributed by atoms with Gasteiger partial charge >= 0.3 is 0 Å². The molecule has 1 heterocycles. The molecule has 2 atom stereocenters. The molecule has 1 aromatic rings. The molecule has 0 spiro atoms. The number of hydrogen-bond acceptors (Lipinski definition) is 2. The summed E-state index contributed by atoms with van der Waals surface area (Å²) >= 11 is 0. The van der Waals surface area contributed by atoms with Crippen LogP contribution in [0, 0.1) is 5.92 Å². The molecule has 2 unspecified atom stereocenters. The summed E-state index contributed by atoms with van der Waals surface area (Å²) in [6.07, 6.45) is 2.31. The van der Waals surface area contributed by atoms with Crippen LogP contribution >= 0.6 is 0 Å². The standard InChI is InChI=1S/C15H23NO/c1-3-13-4-6-14(7-5-13)10-16-12(2)15-8-9-17-11-15/h4-7,12,15-16H,3,8-11H2,1-2H3. The van der Waals surface area contributed by atoms with Gasteiger partial charge in [0.15, 0.2) is 0 Å². The maximum Gasteiger partial charge on any atom is 0.0509 e. The van der Waals surface area contributed by atoms with Gasteiger partial charge in [0.2, 0.25) is 0 Å². The summed E-state index contributed by atoms with van der Waals surface area (Å²) in [5, 5.41) is 3.60. The van der Waals surface area contributed by atoms with Gasteiger partial charge in [-0.2, -0.15) is 0 Å². The van der Waals surface area contributed by atoms with Crippen molar-refractivity contribution in [3.8, 4) is 0 Å². The predicted octanol–water partition coefficient (Wildman–Crippen LogP) is 2.76. The number of hydrogen-bond donors (Lipinski definition) is 1. The van der Waals surface area contributed by atoms with Gasteiger partial charge < -0.3 is 10.1 Å². The van der Waals surface area contributed by atoms with Gasteiger partial charge in [0, 0.05) is 19.2 Å². The van der Waals surface area contributed by atoms with Crippen molar-refractivity contribution in [3.05, 3.63) is 35.4 Å². The Labute approximate surface area is 104 Å². The van der Waals surface area contributed by atoms with Gasteiger partial charge in [-0.05, 0) is 36.8 Å². The van der Waals surface area contributed by atoms with E-state index >= 15 is 0 Å². The summed E-state index contributed by atoms with van der Waals surface area (Å²) in [6, 6.07) is 9.44. The molecule has 0 saturated carbocycles. The van der Waals surface area contributed by atoms with Crippen molar-refractivity contribution in [2.75, 3.05) is 13.2 Å². The molecule has 1 N–H and O–H groups in total. The fourth-order valence-electron chi connectivity index (χ4n) is 2.29. The number of nitrogens with one attached hydrogen (secondary N) is 1. The van der Waals surface area contributed by atoms with Crippen LogP contribution in [0.3, 0.4) is 0 Å². The van der Waals surface area contributed by atoms with E-state index < -0.39 is 0 Å². The molecule has 2 rings (SSSR count). The van der Waals surface area contributed by atoms with Crippen LogP contribution in [-0.2, 0) is 17.7 Å². The molecule has 1 fully saturated rings. The molecule has 0 bridgehead atoms. The minimum atomic E-state index is 0.545. The Morgan fingerprint density at radius 1 is 1.29 bits per heavy atom. The molecule has 1 aliphatic heterocycles. The highest BCUT2D eigenvalue weighted by atomic mass is 16.5. The van der Waals surface area contributed by atoms with Gasteiger partial charge in [-0.15, -0.1) is 0 Å². The second-order valence-corrected chi connectivity index (χ2v) is 4.96. The molecule has 0 aliphatic carbocycles. The van der Waals surface area contributed by atoms with Crippen molar-refractivity contribution in [2.24, 2.45) is 5.92 Å². The quantitative estimate of drug-likeness (QED) is 0.844. The number of rotatable bonds is 5. The van der Waals surface area contributed by atoms with Crippen LogP contribution in [0.15, 0.2) is 24.3 Å². The SMILES string of the molecule is CCc1ccc(CNC(C)C2CCOC2)cc1. The third-order valence-corrected chi connectivity index (χ3v) is 3.73. The largest absolute Gasteiger partial charge is 0.381 e. The fourth-order valence-corrected chi connectivity index (χ4v) is 2.29. The zero-order valence-corrected chi connectivity index (χ0v) is 10.9. The zero-order valence-electron chi connectivity index (χ0n) is 10.9. The summed E-state index contributed by atoms with van der Waals surface area (Å²) in [6.45, 7) is 7.27. The lowest BCUT2D eigenvalue weighted by molar-refractivity contribution is 0.178. The highest BCUT2D eigenvalue weighted by Crippen LogP contribution is 2.16. The number of benzene rings is 1. The Morgan fingerprint density at radius 3 is 2.59 bits per heavy atom. The maximum atomic E-state index is 5.42. The molecule has 94 valence electrons. The molecular weight excluding hydrogens is 210 g/mol. The fraction of sp³-hybridized carbons (Fsp3) is 0.600. The Hall–Kier alpha value is -0.860. The van der Waals surface area contributed by atoms with E-state index in [1.807, 2.05) is 0 Å². The molecule has 1 aliphatic rings. The normalized spacial score (nSPS) is 21.6. The molecule has 1 saturated heterocycles. The van der Waals surface area contributed by atoms with Gasteiger partial charge in [0.05, 0.1) is 6.61 Å². The van der Waals surface area contributed by atoms with Crippen LogP contribution in [0.25, 0.3) is 0 Å². The van der Waals surface area contributed by atoms with E-state index in [0.29, 0.717) is 12.0 Å². The minimum absolute atomic E-state index is 0.545. The van der Waals surface area contributed by atoms with Crippen molar-refractivity contribution in [2.45, 2.75) is 39.3 Å². The summed E-state index contributed by atoms with van der Waals surface area (Å²) in [5.74, 6) is 0.685. The monoisotopic (exact) mass is 233 g/mol. The van der Waals surface area contributed by atoms with E-state index in [2.05, 4.69) is 43.4 Å². The molecule has 2 heteroatoms. The van der Waals surface area contributed by atoms with E-state index in [4.69, 9.17) is 4.74 Å². The summed E-state index contributed by atoms with van der Waals surface area (Å²) in [4.78, 5) is 0. The van der Waals surface area contributed by atoms with Gasteiger partial charge in [0.1, 0.15) is 0 Å². The van der Waals surface area contributed by atoms with E-state index in [0.717, 1.165) is 26.2 Å². The second kappa shape index (κ2) is 6.18. The molecule has 0 amide bonds. The van der Waals surface area contributed by atoms with Gasteiger partial charge in [-0.1, -0.05) is 31.2 Å². The lowest BCUT2D eigenvalue weighted by Gasteiger charge is -2.19. The van der Waals surface area contributed by atoms with Gasteiger partial charge in [-0.3, -0.25) is 0 Å². The molecule has 0 radical (unpaired) electrons. The lowest BCUT2D eigenvalue weighted by Crippen LogP contribution is -2.33. The Bertz CT molecular complexity index is 327. The molecule has 0 aromatic heterocycles. The third-order valence-electron chi connectivity index (χ3n) is 3.73. The first-order chi connectivity index (χ1) is 8.29. The van der Waals surface area contributed by atoms with Gasteiger partial charge in [-0.25, -0.2) is 0 Å². The van der Waals surface area contributed by atoms with Crippen LogP contribution in [0.1, 0.15) is 31.4 Å². The van der Waals surface area contributed by atoms with Crippen molar-refractivity contribution in [1.82, 2.24) is 5.32 Å². The average molecular weight is 233 g/mol. The first-order valence-electron chi connectivity index (χ1n) is 6.68. The van der Waals surface area contributed by atoms with Crippen LogP contribution in [0.5, 0.6) is 0 Å². The van der Waals surface area contributed by atoms with E-state index in [9.17, 15) is 0 Å². The predicted molar refractivity (Wildman–Crippen MR) is 71.0 cm³/mol. The molecule has 1 aromatic carbocycles. The van der Waals surface area contributed by atoms with Crippen LogP contribution in [0.2, 0.25) is 0 Å². The first kappa shape index (κ1) is 12.6. The molecular formula is C15H23NO. The second-order valence-electron chi connectivity index (χ2n) is 4.96. The molecule has 17 heavy (non-hydrogen) atoms. The minimum Gasteiger partial charge on any atom is -0.381 e. The van der Waals surface area contributed by atoms with Crippen LogP contribution < -0.4 is 5.32 Å². The smallest absolute Gasteiger partial charge is 0.0509 e. The van der Waals surface area contributed by atoms with Gasteiger partial charge in [0.25, 0.3) is 0 Å². The van der Waals surface area contributed by atoms with Crippen LogP contribution in [0.4, 0.5) is 0 Å². The Balaban J connectivity index is 1.80. The van der Waals surface area contributed by atoms with E-state index in [1.165, 1.54) is 17.5 Å². The van der Waals surface area contributed by atoms with E-state index in [1.54, 1.807) is 0 Å². The third kappa shape index (κ3) is 3.55. The highest BCUT2D eigenvalue weighted by Gasteiger charge is 2.21. The van der Waals surface area contributed by atoms with Crippen LogP contribution in [-0.4, -0.2) is 19.3 Å². The first-order valence-corrected chi connectivity index (χ1v) is 6.68. The zero-order chi connectivity index (χ0) is 12.1. The lowest BCUT2D eigenvalue weighted by atomic mass is 10.0. The summed E-state index contributed by atoms with van der Waals surface area (Å²) < 4.78 is 5.42. The summed E-state index contributed by atoms with van der Waals surface area (Å²) in [5.41, 5.74) is 2.78. The maximum absolute atomic E-state index is 5.42. The summed E-state index contributed by atoms with van der Waals surface area (Å²) in [7, 11) is 0. The number of ether oxygens (including phenoxy) is 1. The van der Waals surface area contributed by atoms with Crippen molar-refractivity contribution >= 4 is 0 Å².